The molecule has 1 heterocycles. The van der Waals surface area contributed by atoms with E-state index in [1.165, 1.54) is 6.42 Å². The number of carboxylic acid groups (broad SMARTS) is 1. The largest absolute Gasteiger partial charge is 0.478 e. The summed E-state index contributed by atoms with van der Waals surface area (Å²) in [7, 11) is 0. The maximum Gasteiger partial charge on any atom is 0.335 e. The Bertz CT molecular complexity index is 589. The molecule has 0 fully saturated rings. The number of hydrogen-bond acceptors (Lipinski definition) is 2. The van der Waals surface area contributed by atoms with Gasteiger partial charge in [-0.05, 0) is 37.5 Å². The van der Waals surface area contributed by atoms with Crippen LogP contribution < -0.4 is 0 Å². The molecule has 0 aliphatic carbocycles. The Morgan fingerprint density at radius 3 is 2.79 bits per heavy atom. The van der Waals surface area contributed by atoms with E-state index in [0.29, 0.717) is 12.0 Å². The van der Waals surface area contributed by atoms with Crippen molar-refractivity contribution in [3.63, 3.8) is 0 Å². The molecule has 1 aromatic heterocycles. The van der Waals surface area contributed by atoms with E-state index in [1.807, 2.05) is 12.4 Å². The second kappa shape index (κ2) is 5.43. The lowest BCUT2D eigenvalue weighted by Gasteiger charge is -2.18. The van der Waals surface area contributed by atoms with Crippen LogP contribution in [-0.2, 0) is 0 Å². The van der Waals surface area contributed by atoms with Crippen LogP contribution in [0.25, 0.3) is 11.0 Å². The first kappa shape index (κ1) is 13.6. The van der Waals surface area contributed by atoms with E-state index in [1.54, 1.807) is 12.1 Å². The number of nitrogens with zero attached hydrogens (tertiary/aromatic N) is 2. The summed E-state index contributed by atoms with van der Waals surface area (Å²) in [6, 6.07) is 5.48. The van der Waals surface area contributed by atoms with Gasteiger partial charge in [-0.1, -0.05) is 20.3 Å². The van der Waals surface area contributed by atoms with Crippen LogP contribution in [0.15, 0.2) is 24.5 Å². The zero-order valence-corrected chi connectivity index (χ0v) is 11.6. The minimum Gasteiger partial charge on any atom is -0.478 e. The van der Waals surface area contributed by atoms with Crippen molar-refractivity contribution >= 4 is 17.0 Å². The van der Waals surface area contributed by atoms with Gasteiger partial charge in [-0.3, -0.25) is 0 Å². The van der Waals surface area contributed by atoms with Gasteiger partial charge in [-0.15, -0.1) is 0 Å². The SMILES string of the molecule is CCC(C)CC(C)n1cnc2cc(C(=O)O)ccc21. The van der Waals surface area contributed by atoms with Crippen LogP contribution in [0.2, 0.25) is 0 Å². The van der Waals surface area contributed by atoms with E-state index in [-0.39, 0.29) is 5.56 Å². The highest BCUT2D eigenvalue weighted by Crippen LogP contribution is 2.24. The molecule has 1 N–H and O–H groups in total. The minimum atomic E-state index is -0.913. The fraction of sp³-hybridized carbons (Fsp3) is 0.467. The van der Waals surface area contributed by atoms with Crippen LogP contribution >= 0.6 is 0 Å². The normalized spacial score (nSPS) is 14.5. The molecule has 0 amide bonds. The van der Waals surface area contributed by atoms with Gasteiger partial charge in [-0.25, -0.2) is 9.78 Å². The molecule has 102 valence electrons. The quantitative estimate of drug-likeness (QED) is 0.891. The third-order valence-electron chi connectivity index (χ3n) is 3.74. The summed E-state index contributed by atoms with van der Waals surface area (Å²) in [6.45, 7) is 6.62. The molecule has 0 bridgehead atoms. The Hall–Kier alpha value is -1.84. The van der Waals surface area contributed by atoms with E-state index in [0.717, 1.165) is 17.5 Å². The van der Waals surface area contributed by atoms with Crippen LogP contribution in [0, 0.1) is 5.92 Å². The summed E-state index contributed by atoms with van der Waals surface area (Å²) in [5, 5.41) is 8.98. The van der Waals surface area contributed by atoms with Crippen LogP contribution in [0.3, 0.4) is 0 Å². The molecule has 4 nitrogen and oxygen atoms in total. The lowest BCUT2D eigenvalue weighted by molar-refractivity contribution is 0.0697. The van der Waals surface area contributed by atoms with Gasteiger partial charge in [0, 0.05) is 6.04 Å². The predicted octanol–water partition coefficient (Wildman–Crippen LogP) is 3.73. The third-order valence-corrected chi connectivity index (χ3v) is 3.74. The highest BCUT2D eigenvalue weighted by Gasteiger charge is 2.13. The smallest absolute Gasteiger partial charge is 0.335 e. The summed E-state index contributed by atoms with van der Waals surface area (Å²) >= 11 is 0. The molecule has 0 aliphatic rings. The summed E-state index contributed by atoms with van der Waals surface area (Å²) in [4.78, 5) is 15.3. The topological polar surface area (TPSA) is 55.1 Å². The fourth-order valence-corrected chi connectivity index (χ4v) is 2.38. The zero-order chi connectivity index (χ0) is 14.0. The van der Waals surface area contributed by atoms with Gasteiger partial charge in [0.15, 0.2) is 0 Å². The third kappa shape index (κ3) is 2.78. The molecule has 0 aliphatic heterocycles. The first-order valence-corrected chi connectivity index (χ1v) is 6.72. The average molecular weight is 260 g/mol. The number of aromatic carboxylic acids is 1. The predicted molar refractivity (Wildman–Crippen MR) is 75.5 cm³/mol. The second-order valence-corrected chi connectivity index (χ2v) is 5.26. The lowest BCUT2D eigenvalue weighted by atomic mass is 10.0. The van der Waals surface area contributed by atoms with E-state index >= 15 is 0 Å². The molecule has 0 saturated heterocycles. The van der Waals surface area contributed by atoms with Crippen molar-refractivity contribution in [2.45, 2.75) is 39.7 Å². The first-order chi connectivity index (χ1) is 9.02. The van der Waals surface area contributed by atoms with E-state index < -0.39 is 5.97 Å². The Morgan fingerprint density at radius 1 is 1.42 bits per heavy atom. The van der Waals surface area contributed by atoms with Crippen LogP contribution in [0.1, 0.15) is 50.0 Å². The maximum atomic E-state index is 10.9. The molecule has 2 rings (SSSR count). The number of aromatic nitrogens is 2. The Labute approximate surface area is 113 Å². The maximum absolute atomic E-state index is 10.9. The van der Waals surface area contributed by atoms with Crippen molar-refractivity contribution < 1.29 is 9.90 Å². The lowest BCUT2D eigenvalue weighted by Crippen LogP contribution is -2.08. The Morgan fingerprint density at radius 2 is 2.16 bits per heavy atom. The van der Waals surface area contributed by atoms with Crippen LogP contribution in [0.5, 0.6) is 0 Å². The Balaban J connectivity index is 2.32. The van der Waals surface area contributed by atoms with Crippen molar-refractivity contribution in [1.82, 2.24) is 9.55 Å². The zero-order valence-electron chi connectivity index (χ0n) is 11.6. The van der Waals surface area contributed by atoms with Crippen molar-refractivity contribution in [3.05, 3.63) is 30.1 Å². The van der Waals surface area contributed by atoms with Gasteiger partial charge in [0.1, 0.15) is 0 Å². The van der Waals surface area contributed by atoms with Gasteiger partial charge in [0.2, 0.25) is 0 Å². The number of carboxylic acids is 1. The van der Waals surface area contributed by atoms with Crippen molar-refractivity contribution in [2.75, 3.05) is 0 Å². The van der Waals surface area contributed by atoms with E-state index in [9.17, 15) is 4.79 Å². The minimum absolute atomic E-state index is 0.285. The molecule has 2 aromatic rings. The molecule has 1 aromatic carbocycles. The molecule has 0 spiro atoms. The van der Waals surface area contributed by atoms with E-state index in [2.05, 4.69) is 30.3 Å². The number of hydrogen-bond donors (Lipinski definition) is 1. The first-order valence-electron chi connectivity index (χ1n) is 6.72. The fourth-order valence-electron chi connectivity index (χ4n) is 2.38. The Kier molecular flexibility index (Phi) is 3.88. The van der Waals surface area contributed by atoms with Crippen molar-refractivity contribution in [2.24, 2.45) is 5.92 Å². The second-order valence-electron chi connectivity index (χ2n) is 5.26. The van der Waals surface area contributed by atoms with Crippen molar-refractivity contribution in [1.29, 1.82) is 0 Å². The van der Waals surface area contributed by atoms with Crippen LogP contribution in [0.4, 0.5) is 0 Å². The monoisotopic (exact) mass is 260 g/mol. The highest BCUT2D eigenvalue weighted by atomic mass is 16.4. The molecule has 19 heavy (non-hydrogen) atoms. The average Bonchev–Trinajstić information content (AvgIpc) is 2.81. The number of carbonyl (C=O) groups is 1. The van der Waals surface area contributed by atoms with Crippen molar-refractivity contribution in [3.8, 4) is 0 Å². The summed E-state index contributed by atoms with van der Waals surface area (Å²) in [5.41, 5.74) is 2.03. The molecule has 4 heteroatoms. The van der Waals surface area contributed by atoms with Gasteiger partial charge in [0.25, 0.3) is 0 Å². The molecule has 0 saturated carbocycles. The van der Waals surface area contributed by atoms with Gasteiger partial charge in [0.05, 0.1) is 22.9 Å². The van der Waals surface area contributed by atoms with E-state index in [4.69, 9.17) is 5.11 Å². The number of rotatable bonds is 5. The summed E-state index contributed by atoms with van der Waals surface area (Å²) in [5.74, 6) is -0.241. The molecule has 2 unspecified atom stereocenters. The summed E-state index contributed by atoms with van der Waals surface area (Å²) in [6.07, 6.45) is 4.08. The molecule has 2 atom stereocenters. The highest BCUT2D eigenvalue weighted by molar-refractivity contribution is 5.92. The number of benzene rings is 1. The van der Waals surface area contributed by atoms with Gasteiger partial charge >= 0.3 is 5.97 Å². The summed E-state index contributed by atoms with van der Waals surface area (Å²) < 4.78 is 2.13. The number of fused-ring (bicyclic) bond motifs is 1. The standard InChI is InChI=1S/C15H20N2O2/c1-4-10(2)7-11(3)17-9-16-13-8-12(15(18)19)5-6-14(13)17/h5-6,8-11H,4,7H2,1-3H3,(H,18,19). The number of imidazole rings is 1. The van der Waals surface area contributed by atoms with Gasteiger partial charge < -0.3 is 9.67 Å². The molecular formula is C15H20N2O2. The van der Waals surface area contributed by atoms with Crippen LogP contribution in [-0.4, -0.2) is 20.6 Å². The molecular weight excluding hydrogens is 240 g/mol. The molecule has 0 radical (unpaired) electrons. The van der Waals surface area contributed by atoms with Gasteiger partial charge in [-0.2, -0.15) is 0 Å².